The second-order valence-electron chi connectivity index (χ2n) is 8.10. The second-order valence-corrected chi connectivity index (χ2v) is 8.10. The van der Waals surface area contributed by atoms with E-state index in [9.17, 15) is 17.6 Å². The molecule has 2 atom stereocenters. The molecule has 0 spiro atoms. The number of rotatable bonds is 4. The molecule has 2 fully saturated rings. The lowest BCUT2D eigenvalue weighted by Gasteiger charge is -2.41. The molecule has 0 bridgehead atoms. The Kier molecular flexibility index (Phi) is 5.75. The molecule has 0 unspecified atom stereocenters. The van der Waals surface area contributed by atoms with Gasteiger partial charge in [0.2, 0.25) is 0 Å². The summed E-state index contributed by atoms with van der Waals surface area (Å²) in [5, 5.41) is 0. The molecule has 2 saturated carbocycles. The molecular weight excluding hydrogens is 328 g/mol. The molecule has 0 saturated heterocycles. The summed E-state index contributed by atoms with van der Waals surface area (Å²) in [5.74, 6) is -4.60. The van der Waals surface area contributed by atoms with Gasteiger partial charge >= 0.3 is 0 Å². The lowest BCUT2D eigenvalue weighted by molar-refractivity contribution is -0.0845. The van der Waals surface area contributed by atoms with Crippen molar-refractivity contribution in [2.75, 3.05) is 0 Å². The van der Waals surface area contributed by atoms with Crippen LogP contribution in [0.25, 0.3) is 0 Å². The highest BCUT2D eigenvalue weighted by molar-refractivity contribution is 5.24. The Hall–Kier alpha value is -1.06. The number of benzene rings is 1. The van der Waals surface area contributed by atoms with Crippen molar-refractivity contribution < 1.29 is 17.6 Å². The van der Waals surface area contributed by atoms with Crippen LogP contribution in [0.3, 0.4) is 0 Å². The average Bonchev–Trinajstić information content (AvgIpc) is 2.58. The van der Waals surface area contributed by atoms with Crippen molar-refractivity contribution in [1.82, 2.24) is 0 Å². The predicted molar refractivity (Wildman–Crippen MR) is 91.7 cm³/mol. The number of hydrogen-bond donors (Lipinski definition) is 0. The molecule has 0 aliphatic heterocycles. The minimum atomic E-state index is -2.84. The Morgan fingerprint density at radius 1 is 0.920 bits per heavy atom. The molecule has 3 rings (SSSR count). The number of hydrogen-bond acceptors (Lipinski definition) is 0. The zero-order valence-electron chi connectivity index (χ0n) is 14.9. The van der Waals surface area contributed by atoms with Gasteiger partial charge in [-0.05, 0) is 61.1 Å². The van der Waals surface area contributed by atoms with Crippen molar-refractivity contribution in [3.63, 3.8) is 0 Å². The smallest absolute Gasteiger partial charge is 0.206 e. The van der Waals surface area contributed by atoms with Crippen molar-refractivity contribution in [2.24, 2.45) is 17.8 Å². The van der Waals surface area contributed by atoms with Crippen LogP contribution in [0, 0.1) is 29.4 Å². The molecule has 0 nitrogen and oxygen atoms in total. The van der Waals surface area contributed by atoms with Gasteiger partial charge in [0.15, 0.2) is 11.6 Å². The van der Waals surface area contributed by atoms with Gasteiger partial charge in [-0.2, -0.15) is 0 Å². The summed E-state index contributed by atoms with van der Waals surface area (Å²) in [7, 11) is 0. The van der Waals surface area contributed by atoms with Crippen LogP contribution in [0.5, 0.6) is 0 Å². The van der Waals surface area contributed by atoms with E-state index < -0.39 is 23.5 Å². The maximum absolute atomic E-state index is 14.8. The first-order chi connectivity index (χ1) is 11.9. The van der Waals surface area contributed by atoms with E-state index in [0.29, 0.717) is 12.3 Å². The van der Waals surface area contributed by atoms with Gasteiger partial charge in [-0.25, -0.2) is 17.6 Å². The highest BCUT2D eigenvalue weighted by Crippen LogP contribution is 2.51. The van der Waals surface area contributed by atoms with Gasteiger partial charge in [-0.1, -0.05) is 38.7 Å². The molecule has 0 amide bonds. The number of halogens is 4. The molecule has 2 aliphatic carbocycles. The van der Waals surface area contributed by atoms with E-state index >= 15 is 0 Å². The maximum Gasteiger partial charge on any atom is 0.255 e. The highest BCUT2D eigenvalue weighted by atomic mass is 19.3. The molecule has 1 aromatic rings. The van der Waals surface area contributed by atoms with Crippen LogP contribution in [0.2, 0.25) is 0 Å². The Morgan fingerprint density at radius 2 is 1.60 bits per heavy atom. The largest absolute Gasteiger partial charge is 0.255 e. The topological polar surface area (TPSA) is 0 Å². The fourth-order valence-electron chi connectivity index (χ4n) is 5.08. The van der Waals surface area contributed by atoms with E-state index in [0.717, 1.165) is 37.3 Å². The first-order valence-corrected chi connectivity index (χ1v) is 9.73. The van der Waals surface area contributed by atoms with E-state index in [1.165, 1.54) is 31.7 Å². The minimum absolute atomic E-state index is 0.0686. The van der Waals surface area contributed by atoms with E-state index in [2.05, 4.69) is 6.92 Å². The fourth-order valence-corrected chi connectivity index (χ4v) is 5.08. The van der Waals surface area contributed by atoms with Gasteiger partial charge in [0.1, 0.15) is 0 Å². The maximum atomic E-state index is 14.8. The van der Waals surface area contributed by atoms with Crippen LogP contribution < -0.4 is 0 Å². The quantitative estimate of drug-likeness (QED) is 0.505. The van der Waals surface area contributed by atoms with Crippen LogP contribution in [-0.4, -0.2) is 5.92 Å². The molecule has 1 aromatic carbocycles. The minimum Gasteiger partial charge on any atom is -0.206 e. The van der Waals surface area contributed by atoms with Crippen LogP contribution in [0.4, 0.5) is 17.6 Å². The van der Waals surface area contributed by atoms with Crippen molar-refractivity contribution in [2.45, 2.75) is 76.6 Å². The molecule has 0 aromatic heterocycles. The first kappa shape index (κ1) is 18.7. The van der Waals surface area contributed by atoms with Gasteiger partial charge in [0.05, 0.1) is 0 Å². The predicted octanol–water partition coefficient (Wildman–Crippen LogP) is 7.09. The van der Waals surface area contributed by atoms with Gasteiger partial charge in [0, 0.05) is 12.3 Å². The summed E-state index contributed by atoms with van der Waals surface area (Å²) in [4.78, 5) is 0. The standard InChI is InChI=1S/C21H28F4/c1-2-3-14-4-6-15(7-5-14)17-8-10-18(21(24,25)13-17)16-9-11-19(22)20(23)12-16/h9,11-12,14-15,17-18H,2-8,10,13H2,1H3/t14?,15?,17-,18+/m0/s1. The normalized spacial score (nSPS) is 32.5. The summed E-state index contributed by atoms with van der Waals surface area (Å²) in [6, 6.07) is 3.22. The van der Waals surface area contributed by atoms with Crippen molar-refractivity contribution in [1.29, 1.82) is 0 Å². The Balaban J connectivity index is 1.63. The molecule has 0 heterocycles. The van der Waals surface area contributed by atoms with E-state index in [4.69, 9.17) is 0 Å². The highest BCUT2D eigenvalue weighted by Gasteiger charge is 2.47. The Morgan fingerprint density at radius 3 is 2.20 bits per heavy atom. The molecule has 140 valence electrons. The lowest BCUT2D eigenvalue weighted by atomic mass is 9.66. The zero-order chi connectivity index (χ0) is 18.0. The van der Waals surface area contributed by atoms with Crippen LogP contribution in [0.15, 0.2) is 18.2 Å². The molecule has 0 radical (unpaired) electrons. The molecule has 2 aliphatic rings. The third kappa shape index (κ3) is 4.20. The van der Waals surface area contributed by atoms with Crippen molar-refractivity contribution >= 4 is 0 Å². The van der Waals surface area contributed by atoms with Crippen molar-refractivity contribution in [3.8, 4) is 0 Å². The Labute approximate surface area is 148 Å². The van der Waals surface area contributed by atoms with E-state index in [1.54, 1.807) is 0 Å². The molecule has 25 heavy (non-hydrogen) atoms. The zero-order valence-corrected chi connectivity index (χ0v) is 14.9. The van der Waals surface area contributed by atoms with Crippen molar-refractivity contribution in [3.05, 3.63) is 35.4 Å². The van der Waals surface area contributed by atoms with Gasteiger partial charge in [0.25, 0.3) is 5.92 Å². The summed E-state index contributed by atoms with van der Waals surface area (Å²) >= 11 is 0. The van der Waals surface area contributed by atoms with E-state index in [-0.39, 0.29) is 17.9 Å². The Bertz CT molecular complexity index is 575. The van der Waals surface area contributed by atoms with Crippen LogP contribution >= 0.6 is 0 Å². The molecule has 4 heteroatoms. The van der Waals surface area contributed by atoms with Gasteiger partial charge < -0.3 is 0 Å². The summed E-state index contributed by atoms with van der Waals surface area (Å²) in [6.07, 6.45) is 7.96. The molecular formula is C21H28F4. The SMILES string of the molecule is CCCC1CCC([C@H]2CC[C@H](c3ccc(F)c(F)c3)C(F)(F)C2)CC1. The lowest BCUT2D eigenvalue weighted by Crippen LogP contribution is -2.37. The second kappa shape index (κ2) is 7.67. The van der Waals surface area contributed by atoms with E-state index in [1.807, 2.05) is 0 Å². The average molecular weight is 356 g/mol. The molecule has 0 N–H and O–H groups in total. The summed E-state index contributed by atoms with van der Waals surface area (Å²) in [6.45, 7) is 2.20. The number of alkyl halides is 2. The third-order valence-electron chi connectivity index (χ3n) is 6.47. The van der Waals surface area contributed by atoms with Crippen LogP contribution in [-0.2, 0) is 0 Å². The first-order valence-electron chi connectivity index (χ1n) is 9.73. The van der Waals surface area contributed by atoms with Gasteiger partial charge in [-0.15, -0.1) is 0 Å². The summed E-state index contributed by atoms with van der Waals surface area (Å²) < 4.78 is 56.1. The monoisotopic (exact) mass is 356 g/mol. The fraction of sp³-hybridized carbons (Fsp3) is 0.714. The van der Waals surface area contributed by atoms with Crippen LogP contribution in [0.1, 0.15) is 76.2 Å². The van der Waals surface area contributed by atoms with Gasteiger partial charge in [-0.3, -0.25) is 0 Å². The third-order valence-corrected chi connectivity index (χ3v) is 6.47. The summed E-state index contributed by atoms with van der Waals surface area (Å²) in [5.41, 5.74) is 0.231.